The van der Waals surface area contributed by atoms with E-state index in [1.54, 1.807) is 0 Å². The van der Waals surface area contributed by atoms with Crippen LogP contribution in [0.5, 0.6) is 0 Å². The smallest absolute Gasteiger partial charge is 0.239 e. The van der Waals surface area contributed by atoms with Crippen LogP contribution in [0.25, 0.3) is 16.6 Å². The molecule has 2 aromatic heterocycles. The van der Waals surface area contributed by atoms with E-state index in [4.69, 9.17) is 11.6 Å². The van der Waals surface area contributed by atoms with E-state index in [1.165, 1.54) is 0 Å². The highest BCUT2D eigenvalue weighted by Crippen LogP contribution is 2.20. The second kappa shape index (κ2) is 7.68. The molecule has 0 saturated carbocycles. The lowest BCUT2D eigenvalue weighted by molar-refractivity contribution is -0.121. The summed E-state index contributed by atoms with van der Waals surface area (Å²) in [6, 6.07) is 19.6. The Labute approximate surface area is 162 Å². The number of hydrogen-bond acceptors (Lipinski definition) is 2. The van der Waals surface area contributed by atoms with Gasteiger partial charge < -0.3 is 9.88 Å². The van der Waals surface area contributed by atoms with Gasteiger partial charge in [-0.3, -0.25) is 4.79 Å². The molecule has 0 aliphatic rings. The van der Waals surface area contributed by atoms with Gasteiger partial charge in [0.2, 0.25) is 5.91 Å². The molecular weight excluding hydrogens is 360 g/mol. The number of fused-ring (bicyclic) bond motifs is 1. The van der Waals surface area contributed by atoms with Crippen LogP contribution in [-0.2, 0) is 17.8 Å². The first-order valence-electron chi connectivity index (χ1n) is 8.80. The number of aromatic nitrogens is 3. The quantitative estimate of drug-likeness (QED) is 0.554. The van der Waals surface area contributed by atoms with E-state index in [-0.39, 0.29) is 12.5 Å². The van der Waals surface area contributed by atoms with E-state index in [1.807, 2.05) is 82.3 Å². The van der Waals surface area contributed by atoms with Gasteiger partial charge in [0, 0.05) is 35.9 Å². The Hall–Kier alpha value is -3.05. The molecule has 0 aliphatic carbocycles. The average Bonchev–Trinajstić information content (AvgIpc) is 3.30. The number of halogens is 1. The third-order valence-corrected chi connectivity index (χ3v) is 4.65. The van der Waals surface area contributed by atoms with Crippen molar-refractivity contribution >= 4 is 28.4 Å². The van der Waals surface area contributed by atoms with E-state index < -0.39 is 0 Å². The van der Waals surface area contributed by atoms with Gasteiger partial charge in [-0.05, 0) is 41.8 Å². The minimum Gasteiger partial charge on any atom is -0.354 e. The Balaban J connectivity index is 1.32. The number of carbonyl (C=O) groups is 1. The number of para-hydroxylation sites is 1. The maximum atomic E-state index is 12.3. The standard InChI is InChI=1S/C21H19ClN4O/c22-17-7-6-16-9-12-25(20(16)14-17)15-21(27)23-11-8-18-10-13-26(24-18)19-4-2-1-3-5-19/h1-7,9-10,12-14H,8,11,15H2,(H,23,27). The fourth-order valence-corrected chi connectivity index (χ4v) is 3.22. The van der Waals surface area contributed by atoms with Gasteiger partial charge in [0.25, 0.3) is 0 Å². The number of benzene rings is 2. The molecule has 5 nitrogen and oxygen atoms in total. The molecule has 2 aromatic carbocycles. The van der Waals surface area contributed by atoms with Crippen molar-refractivity contribution in [3.8, 4) is 5.69 Å². The molecular formula is C21H19ClN4O. The van der Waals surface area contributed by atoms with Crippen LogP contribution in [-0.4, -0.2) is 26.8 Å². The highest BCUT2D eigenvalue weighted by molar-refractivity contribution is 6.31. The second-order valence-electron chi connectivity index (χ2n) is 6.33. The Morgan fingerprint density at radius 2 is 1.89 bits per heavy atom. The van der Waals surface area contributed by atoms with E-state index in [2.05, 4.69) is 10.4 Å². The van der Waals surface area contributed by atoms with Gasteiger partial charge in [0.15, 0.2) is 0 Å². The molecule has 4 rings (SSSR count). The monoisotopic (exact) mass is 378 g/mol. The van der Waals surface area contributed by atoms with Gasteiger partial charge in [0.1, 0.15) is 6.54 Å². The molecule has 0 saturated heterocycles. The molecule has 0 aliphatic heterocycles. The van der Waals surface area contributed by atoms with Gasteiger partial charge in [-0.15, -0.1) is 0 Å². The van der Waals surface area contributed by atoms with Crippen molar-refractivity contribution in [1.29, 1.82) is 0 Å². The van der Waals surface area contributed by atoms with E-state index in [0.29, 0.717) is 18.0 Å². The van der Waals surface area contributed by atoms with Crippen LogP contribution in [0.4, 0.5) is 0 Å². The predicted octanol–water partition coefficient (Wildman–Crippen LogP) is 3.84. The lowest BCUT2D eigenvalue weighted by Crippen LogP contribution is -2.29. The molecule has 0 radical (unpaired) electrons. The normalized spacial score (nSPS) is 11.0. The zero-order chi connectivity index (χ0) is 18.6. The van der Waals surface area contributed by atoms with Crippen LogP contribution in [0.2, 0.25) is 5.02 Å². The summed E-state index contributed by atoms with van der Waals surface area (Å²) in [5.41, 5.74) is 2.92. The first kappa shape index (κ1) is 17.4. The molecule has 0 bridgehead atoms. The molecule has 27 heavy (non-hydrogen) atoms. The van der Waals surface area contributed by atoms with Crippen molar-refractivity contribution in [2.45, 2.75) is 13.0 Å². The Morgan fingerprint density at radius 3 is 2.74 bits per heavy atom. The lowest BCUT2D eigenvalue weighted by atomic mass is 10.2. The van der Waals surface area contributed by atoms with Crippen molar-refractivity contribution in [2.24, 2.45) is 0 Å². The summed E-state index contributed by atoms with van der Waals surface area (Å²) in [6.45, 7) is 0.812. The van der Waals surface area contributed by atoms with Crippen LogP contribution < -0.4 is 5.32 Å². The SMILES string of the molecule is O=C(Cn1ccc2ccc(Cl)cc21)NCCc1ccn(-c2ccccc2)n1. The van der Waals surface area contributed by atoms with Crippen molar-refractivity contribution < 1.29 is 4.79 Å². The van der Waals surface area contributed by atoms with E-state index in [9.17, 15) is 4.79 Å². The number of amides is 1. The molecule has 136 valence electrons. The first-order chi connectivity index (χ1) is 13.2. The molecule has 0 unspecified atom stereocenters. The molecule has 2 heterocycles. The van der Waals surface area contributed by atoms with Gasteiger partial charge in [0.05, 0.1) is 11.4 Å². The number of hydrogen-bond donors (Lipinski definition) is 1. The minimum atomic E-state index is -0.0324. The summed E-state index contributed by atoms with van der Waals surface area (Å²) >= 11 is 6.06. The largest absolute Gasteiger partial charge is 0.354 e. The number of carbonyl (C=O) groups excluding carboxylic acids is 1. The third-order valence-electron chi connectivity index (χ3n) is 4.42. The van der Waals surface area contributed by atoms with Gasteiger partial charge in [-0.25, -0.2) is 4.68 Å². The van der Waals surface area contributed by atoms with Crippen LogP contribution >= 0.6 is 11.6 Å². The topological polar surface area (TPSA) is 51.9 Å². The zero-order valence-corrected chi connectivity index (χ0v) is 15.4. The number of nitrogens with zero attached hydrogens (tertiary/aromatic N) is 3. The Morgan fingerprint density at radius 1 is 1.04 bits per heavy atom. The summed E-state index contributed by atoms with van der Waals surface area (Å²) in [5.74, 6) is -0.0324. The molecule has 0 fully saturated rings. The molecule has 4 aromatic rings. The van der Waals surface area contributed by atoms with E-state index >= 15 is 0 Å². The molecule has 1 amide bonds. The van der Waals surface area contributed by atoms with Crippen molar-refractivity contribution in [2.75, 3.05) is 6.54 Å². The zero-order valence-electron chi connectivity index (χ0n) is 14.7. The first-order valence-corrected chi connectivity index (χ1v) is 9.18. The predicted molar refractivity (Wildman–Crippen MR) is 107 cm³/mol. The van der Waals surface area contributed by atoms with Gasteiger partial charge in [-0.2, -0.15) is 5.10 Å². The average molecular weight is 379 g/mol. The number of nitrogens with one attached hydrogen (secondary N) is 1. The molecule has 0 atom stereocenters. The van der Waals surface area contributed by atoms with Crippen LogP contribution in [0.15, 0.2) is 73.1 Å². The van der Waals surface area contributed by atoms with E-state index in [0.717, 1.165) is 22.3 Å². The lowest BCUT2D eigenvalue weighted by Gasteiger charge is -2.07. The van der Waals surface area contributed by atoms with Crippen LogP contribution in [0.3, 0.4) is 0 Å². The summed E-state index contributed by atoms with van der Waals surface area (Å²) in [5, 5.41) is 9.24. The maximum absolute atomic E-state index is 12.3. The summed E-state index contributed by atoms with van der Waals surface area (Å²) in [7, 11) is 0. The minimum absolute atomic E-state index is 0.0324. The molecule has 1 N–H and O–H groups in total. The summed E-state index contributed by atoms with van der Waals surface area (Å²) < 4.78 is 3.74. The molecule has 6 heteroatoms. The number of rotatable bonds is 6. The van der Waals surface area contributed by atoms with Gasteiger partial charge >= 0.3 is 0 Å². The Kier molecular flexibility index (Phi) is 4.94. The van der Waals surface area contributed by atoms with Crippen molar-refractivity contribution in [1.82, 2.24) is 19.7 Å². The Bertz CT molecular complexity index is 1070. The highest BCUT2D eigenvalue weighted by Gasteiger charge is 2.07. The fourth-order valence-electron chi connectivity index (χ4n) is 3.06. The maximum Gasteiger partial charge on any atom is 0.239 e. The molecule has 0 spiro atoms. The second-order valence-corrected chi connectivity index (χ2v) is 6.77. The van der Waals surface area contributed by atoms with Crippen LogP contribution in [0.1, 0.15) is 5.69 Å². The third kappa shape index (κ3) is 4.04. The van der Waals surface area contributed by atoms with Crippen molar-refractivity contribution in [3.05, 3.63) is 83.8 Å². The highest BCUT2D eigenvalue weighted by atomic mass is 35.5. The summed E-state index contributed by atoms with van der Waals surface area (Å²) in [6.07, 6.45) is 4.52. The van der Waals surface area contributed by atoms with Gasteiger partial charge in [-0.1, -0.05) is 35.9 Å². The summed E-state index contributed by atoms with van der Waals surface area (Å²) in [4.78, 5) is 12.3. The fraction of sp³-hybridized carbons (Fsp3) is 0.143. The van der Waals surface area contributed by atoms with Crippen LogP contribution in [0, 0.1) is 0 Å². The van der Waals surface area contributed by atoms with Crippen molar-refractivity contribution in [3.63, 3.8) is 0 Å².